The third kappa shape index (κ3) is 5.46. The summed E-state index contributed by atoms with van der Waals surface area (Å²) in [6, 6.07) is 12.6. The molecule has 0 saturated carbocycles. The molecule has 2 rings (SSSR count). The maximum absolute atomic E-state index is 12.4. The van der Waals surface area contributed by atoms with E-state index in [4.69, 9.17) is 15.3 Å². The predicted molar refractivity (Wildman–Crippen MR) is 94.4 cm³/mol. The molecule has 130 valence electrons. The second kappa shape index (κ2) is 8.10. The van der Waals surface area contributed by atoms with E-state index in [2.05, 4.69) is 5.32 Å². The molecular weight excluding hydrogens is 320 g/mol. The van der Waals surface area contributed by atoms with E-state index in [1.165, 1.54) is 0 Å². The summed E-state index contributed by atoms with van der Waals surface area (Å²) >= 11 is 0. The van der Waals surface area contributed by atoms with Gasteiger partial charge in [-0.05, 0) is 31.5 Å². The van der Waals surface area contributed by atoms with Crippen LogP contribution in [0.5, 0.6) is 5.75 Å². The van der Waals surface area contributed by atoms with Gasteiger partial charge in [-0.3, -0.25) is 10.2 Å². The first-order valence-electron chi connectivity index (χ1n) is 7.74. The quantitative estimate of drug-likeness (QED) is 0.556. The number of hydrogen-bond donors (Lipinski definition) is 3. The van der Waals surface area contributed by atoms with Gasteiger partial charge in [-0.2, -0.15) is 0 Å². The molecule has 0 heterocycles. The molecule has 0 fully saturated rings. The lowest BCUT2D eigenvalue weighted by Crippen LogP contribution is -2.31. The van der Waals surface area contributed by atoms with Crippen molar-refractivity contribution in [2.45, 2.75) is 20.3 Å². The van der Waals surface area contributed by atoms with Gasteiger partial charge in [0.05, 0.1) is 5.56 Å². The molecule has 0 spiro atoms. The molecule has 0 unspecified atom stereocenters. The third-order valence-corrected chi connectivity index (χ3v) is 3.50. The number of amides is 1. The molecule has 1 amide bonds. The number of benzene rings is 2. The highest BCUT2D eigenvalue weighted by Gasteiger charge is 2.15. The van der Waals surface area contributed by atoms with Crippen molar-refractivity contribution in [2.75, 3.05) is 6.61 Å². The lowest BCUT2D eigenvalue weighted by molar-refractivity contribution is -0.139. The van der Waals surface area contributed by atoms with Crippen LogP contribution in [0.1, 0.15) is 27.0 Å². The van der Waals surface area contributed by atoms with Crippen molar-refractivity contribution >= 4 is 17.7 Å². The minimum atomic E-state index is -1.13. The molecule has 0 aliphatic carbocycles. The largest absolute Gasteiger partial charge is 0.481 e. The molecule has 6 heteroatoms. The minimum absolute atomic E-state index is 0.0551. The molecule has 2 aromatic rings. The summed E-state index contributed by atoms with van der Waals surface area (Å²) in [5.41, 5.74) is 3.08. The molecule has 6 nitrogen and oxygen atoms in total. The van der Waals surface area contributed by atoms with E-state index in [-0.39, 0.29) is 17.1 Å². The van der Waals surface area contributed by atoms with Gasteiger partial charge >= 0.3 is 5.97 Å². The Bertz CT molecular complexity index is 798. The van der Waals surface area contributed by atoms with E-state index in [9.17, 15) is 9.59 Å². The van der Waals surface area contributed by atoms with Crippen LogP contribution in [0.2, 0.25) is 0 Å². The minimum Gasteiger partial charge on any atom is -0.481 e. The Morgan fingerprint density at radius 1 is 1.08 bits per heavy atom. The molecule has 0 aromatic heterocycles. The summed E-state index contributed by atoms with van der Waals surface area (Å²) in [4.78, 5) is 23.1. The Hall–Kier alpha value is -3.15. The molecule has 0 radical (unpaired) electrons. The van der Waals surface area contributed by atoms with E-state index in [0.717, 1.165) is 16.7 Å². The van der Waals surface area contributed by atoms with Crippen molar-refractivity contribution in [3.63, 3.8) is 0 Å². The average molecular weight is 340 g/mol. The summed E-state index contributed by atoms with van der Waals surface area (Å²) in [6.45, 7) is 3.26. The first-order valence-corrected chi connectivity index (χ1v) is 7.74. The van der Waals surface area contributed by atoms with Gasteiger partial charge in [0.1, 0.15) is 11.6 Å². The average Bonchev–Trinajstić information content (AvgIpc) is 2.55. The first kappa shape index (κ1) is 18.2. The fourth-order valence-electron chi connectivity index (χ4n) is 2.25. The zero-order valence-electron chi connectivity index (χ0n) is 14.1. The van der Waals surface area contributed by atoms with Crippen molar-refractivity contribution in [1.82, 2.24) is 5.32 Å². The molecule has 0 aliphatic rings. The van der Waals surface area contributed by atoms with Crippen LogP contribution in [0.25, 0.3) is 0 Å². The number of nitrogens with one attached hydrogen (secondary N) is 2. The first-order chi connectivity index (χ1) is 11.8. The fourth-order valence-corrected chi connectivity index (χ4v) is 2.25. The highest BCUT2D eigenvalue weighted by Crippen LogP contribution is 2.20. The monoisotopic (exact) mass is 340 g/mol. The lowest BCUT2D eigenvalue weighted by Gasteiger charge is -2.12. The molecule has 2 aromatic carbocycles. The van der Waals surface area contributed by atoms with Gasteiger partial charge in [-0.25, -0.2) is 4.79 Å². The number of rotatable bonds is 6. The molecule has 0 saturated heterocycles. The summed E-state index contributed by atoms with van der Waals surface area (Å²) in [6.07, 6.45) is 0.295. The number of hydrogen-bond acceptors (Lipinski definition) is 4. The van der Waals surface area contributed by atoms with Crippen LogP contribution in [0.15, 0.2) is 42.5 Å². The van der Waals surface area contributed by atoms with Crippen LogP contribution >= 0.6 is 0 Å². The van der Waals surface area contributed by atoms with Gasteiger partial charge in [0.15, 0.2) is 6.61 Å². The maximum Gasteiger partial charge on any atom is 0.341 e. The van der Waals surface area contributed by atoms with Crippen LogP contribution in [-0.4, -0.2) is 29.4 Å². The fraction of sp³-hybridized carbons (Fsp3) is 0.211. The van der Waals surface area contributed by atoms with Crippen LogP contribution in [0, 0.1) is 19.3 Å². The van der Waals surface area contributed by atoms with Gasteiger partial charge < -0.3 is 15.2 Å². The van der Waals surface area contributed by atoms with E-state index in [0.29, 0.717) is 6.42 Å². The zero-order valence-corrected chi connectivity index (χ0v) is 14.1. The Balaban J connectivity index is 2.08. The van der Waals surface area contributed by atoms with Gasteiger partial charge in [0, 0.05) is 6.42 Å². The summed E-state index contributed by atoms with van der Waals surface area (Å²) in [5, 5.41) is 19.2. The zero-order chi connectivity index (χ0) is 18.4. The van der Waals surface area contributed by atoms with Crippen molar-refractivity contribution in [3.8, 4) is 5.75 Å². The van der Waals surface area contributed by atoms with Crippen molar-refractivity contribution in [3.05, 3.63) is 64.7 Å². The normalized spacial score (nSPS) is 10.2. The Labute approximate surface area is 146 Å². The maximum atomic E-state index is 12.4. The second-order valence-corrected chi connectivity index (χ2v) is 5.78. The molecule has 25 heavy (non-hydrogen) atoms. The van der Waals surface area contributed by atoms with Crippen LogP contribution in [0.4, 0.5) is 0 Å². The smallest absolute Gasteiger partial charge is 0.341 e. The molecule has 0 atom stereocenters. The van der Waals surface area contributed by atoms with Gasteiger partial charge in [0.2, 0.25) is 0 Å². The van der Waals surface area contributed by atoms with E-state index < -0.39 is 18.5 Å². The Morgan fingerprint density at radius 2 is 1.72 bits per heavy atom. The van der Waals surface area contributed by atoms with E-state index in [1.54, 1.807) is 18.2 Å². The number of aliphatic carboxylic acids is 1. The third-order valence-electron chi connectivity index (χ3n) is 3.50. The Kier molecular flexibility index (Phi) is 5.89. The highest BCUT2D eigenvalue weighted by molar-refractivity contribution is 6.07. The van der Waals surface area contributed by atoms with E-state index in [1.807, 2.05) is 38.1 Å². The van der Waals surface area contributed by atoms with Crippen molar-refractivity contribution < 1.29 is 19.4 Å². The van der Waals surface area contributed by atoms with Crippen LogP contribution in [-0.2, 0) is 11.2 Å². The summed E-state index contributed by atoms with van der Waals surface area (Å²) in [5.74, 6) is -1.39. The number of carbonyl (C=O) groups is 2. The van der Waals surface area contributed by atoms with Crippen LogP contribution < -0.4 is 10.1 Å². The van der Waals surface area contributed by atoms with Crippen molar-refractivity contribution in [1.29, 1.82) is 5.41 Å². The SMILES string of the molecule is Cc1ccc(CC(=N)NC(=O)c2cc(C)ccc2OCC(=O)O)cc1. The highest BCUT2D eigenvalue weighted by atomic mass is 16.5. The lowest BCUT2D eigenvalue weighted by atomic mass is 10.1. The number of carbonyl (C=O) groups excluding carboxylic acids is 1. The van der Waals surface area contributed by atoms with Gasteiger partial charge in [-0.15, -0.1) is 0 Å². The molecular formula is C19H20N2O4. The number of carboxylic acids is 1. The molecule has 3 N–H and O–H groups in total. The topological polar surface area (TPSA) is 99.5 Å². The number of amidine groups is 1. The second-order valence-electron chi connectivity index (χ2n) is 5.78. The predicted octanol–water partition coefficient (Wildman–Crippen LogP) is 2.72. The number of aryl methyl sites for hydroxylation is 2. The number of carboxylic acid groups (broad SMARTS) is 1. The van der Waals surface area contributed by atoms with Crippen LogP contribution in [0.3, 0.4) is 0 Å². The summed E-state index contributed by atoms with van der Waals surface area (Å²) < 4.78 is 5.16. The molecule has 0 aliphatic heterocycles. The summed E-state index contributed by atoms with van der Waals surface area (Å²) in [7, 11) is 0. The van der Waals surface area contributed by atoms with Gasteiger partial charge in [0.25, 0.3) is 5.91 Å². The Morgan fingerprint density at radius 3 is 2.36 bits per heavy atom. The van der Waals surface area contributed by atoms with E-state index >= 15 is 0 Å². The number of ether oxygens (including phenoxy) is 1. The van der Waals surface area contributed by atoms with Crippen molar-refractivity contribution in [2.24, 2.45) is 0 Å². The standard InChI is InChI=1S/C19H20N2O4/c1-12-3-6-14(7-4-12)10-17(20)21-19(24)15-9-13(2)5-8-16(15)25-11-18(22)23/h3-9H,10-11H2,1-2H3,(H,22,23)(H2,20,21,24). The molecule has 0 bridgehead atoms. The van der Waals surface area contributed by atoms with Gasteiger partial charge in [-0.1, -0.05) is 41.5 Å².